The van der Waals surface area contributed by atoms with Gasteiger partial charge >= 0.3 is 6.09 Å². The van der Waals surface area contributed by atoms with Crippen molar-refractivity contribution in [3.63, 3.8) is 0 Å². The third kappa shape index (κ3) is 2.55. The predicted molar refractivity (Wildman–Crippen MR) is 66.2 cm³/mol. The summed E-state index contributed by atoms with van der Waals surface area (Å²) in [5.41, 5.74) is -0.0136. The summed E-state index contributed by atoms with van der Waals surface area (Å²) in [5, 5.41) is 16.0. The maximum atomic E-state index is 11.1. The molecule has 0 saturated carbocycles. The molecule has 0 aromatic heterocycles. The van der Waals surface area contributed by atoms with Gasteiger partial charge in [0.1, 0.15) is 0 Å². The standard InChI is InChI=1S/C12H23N3O2/c1-12(2,3)10-9(7-15(10)11(16)17)14-8-4-5-13-6-8/h8-10,13-14H,4-7H2,1-3H3,(H,16,17)/t8?,9?,10-/m1/s1. The van der Waals surface area contributed by atoms with Gasteiger partial charge in [-0.25, -0.2) is 4.79 Å². The Morgan fingerprint density at radius 2 is 2.18 bits per heavy atom. The van der Waals surface area contributed by atoms with Crippen LogP contribution in [0.1, 0.15) is 27.2 Å². The number of nitrogens with zero attached hydrogens (tertiary/aromatic N) is 1. The highest BCUT2D eigenvalue weighted by Crippen LogP contribution is 2.34. The smallest absolute Gasteiger partial charge is 0.407 e. The van der Waals surface area contributed by atoms with Crippen molar-refractivity contribution in [3.05, 3.63) is 0 Å². The van der Waals surface area contributed by atoms with Gasteiger partial charge in [0.2, 0.25) is 0 Å². The highest BCUT2D eigenvalue weighted by atomic mass is 16.4. The Balaban J connectivity index is 1.96. The van der Waals surface area contributed by atoms with E-state index in [1.807, 2.05) is 0 Å². The van der Waals surface area contributed by atoms with Gasteiger partial charge in [-0.3, -0.25) is 0 Å². The number of nitrogens with one attached hydrogen (secondary N) is 2. The molecule has 0 aliphatic carbocycles. The molecule has 98 valence electrons. The van der Waals surface area contributed by atoms with Crippen LogP contribution < -0.4 is 10.6 Å². The van der Waals surface area contributed by atoms with E-state index in [2.05, 4.69) is 31.4 Å². The van der Waals surface area contributed by atoms with E-state index in [-0.39, 0.29) is 11.5 Å². The highest BCUT2D eigenvalue weighted by Gasteiger charge is 2.48. The Labute approximate surface area is 103 Å². The van der Waals surface area contributed by atoms with Crippen LogP contribution in [-0.2, 0) is 0 Å². The molecule has 0 aromatic carbocycles. The molecule has 5 nitrogen and oxygen atoms in total. The van der Waals surface area contributed by atoms with Gasteiger partial charge in [0.05, 0.1) is 6.04 Å². The number of hydrogen-bond donors (Lipinski definition) is 3. The molecule has 17 heavy (non-hydrogen) atoms. The van der Waals surface area contributed by atoms with E-state index in [1.165, 1.54) is 0 Å². The van der Waals surface area contributed by atoms with Gasteiger partial charge in [0, 0.05) is 25.2 Å². The Hall–Kier alpha value is -0.810. The zero-order valence-corrected chi connectivity index (χ0v) is 10.9. The normalized spacial score (nSPS) is 33.6. The quantitative estimate of drug-likeness (QED) is 0.666. The zero-order chi connectivity index (χ0) is 12.6. The number of carboxylic acid groups (broad SMARTS) is 1. The molecular formula is C12H23N3O2. The summed E-state index contributed by atoms with van der Waals surface area (Å²) in [6.07, 6.45) is 0.341. The molecule has 0 aromatic rings. The summed E-state index contributed by atoms with van der Waals surface area (Å²) < 4.78 is 0. The molecule has 3 N–H and O–H groups in total. The predicted octanol–water partition coefficient (Wildman–Crippen LogP) is 0.715. The van der Waals surface area contributed by atoms with E-state index in [0.717, 1.165) is 19.5 Å². The van der Waals surface area contributed by atoms with Crippen molar-refractivity contribution < 1.29 is 9.90 Å². The molecule has 0 radical (unpaired) electrons. The third-order valence-corrected chi connectivity index (χ3v) is 3.75. The molecule has 1 amide bonds. The lowest BCUT2D eigenvalue weighted by molar-refractivity contribution is -0.0154. The summed E-state index contributed by atoms with van der Waals surface area (Å²) in [4.78, 5) is 12.7. The molecule has 2 aliphatic rings. The van der Waals surface area contributed by atoms with E-state index in [4.69, 9.17) is 5.11 Å². The second kappa shape index (κ2) is 4.46. The van der Waals surface area contributed by atoms with Crippen LogP contribution in [-0.4, -0.2) is 53.9 Å². The Bertz CT molecular complexity index is 295. The molecule has 5 heteroatoms. The average Bonchev–Trinajstić information content (AvgIpc) is 2.59. The zero-order valence-electron chi connectivity index (χ0n) is 10.9. The van der Waals surface area contributed by atoms with Crippen LogP contribution in [0.15, 0.2) is 0 Å². The Morgan fingerprint density at radius 3 is 2.65 bits per heavy atom. The topological polar surface area (TPSA) is 64.6 Å². The molecule has 2 heterocycles. The number of carbonyl (C=O) groups is 1. The van der Waals surface area contributed by atoms with Crippen LogP contribution in [0.4, 0.5) is 4.79 Å². The summed E-state index contributed by atoms with van der Waals surface area (Å²) >= 11 is 0. The van der Waals surface area contributed by atoms with E-state index in [1.54, 1.807) is 4.90 Å². The third-order valence-electron chi connectivity index (χ3n) is 3.75. The maximum absolute atomic E-state index is 11.1. The van der Waals surface area contributed by atoms with Gasteiger partial charge in [-0.05, 0) is 18.4 Å². The average molecular weight is 241 g/mol. The summed E-state index contributed by atoms with van der Waals surface area (Å²) in [7, 11) is 0. The van der Waals surface area contributed by atoms with Crippen LogP contribution in [0.5, 0.6) is 0 Å². The number of amides is 1. The highest BCUT2D eigenvalue weighted by molar-refractivity contribution is 5.67. The fraction of sp³-hybridized carbons (Fsp3) is 0.917. The van der Waals surface area contributed by atoms with E-state index in [0.29, 0.717) is 18.6 Å². The summed E-state index contributed by atoms with van der Waals surface area (Å²) in [6, 6.07) is 0.886. The van der Waals surface area contributed by atoms with Gasteiger partial charge in [-0.2, -0.15) is 0 Å². The molecular weight excluding hydrogens is 218 g/mol. The first-order valence-corrected chi connectivity index (χ1v) is 6.36. The van der Waals surface area contributed by atoms with Crippen LogP contribution in [0.3, 0.4) is 0 Å². The van der Waals surface area contributed by atoms with Gasteiger partial charge in [-0.1, -0.05) is 20.8 Å². The molecule has 0 spiro atoms. The van der Waals surface area contributed by atoms with Crippen molar-refractivity contribution in [2.45, 2.75) is 45.3 Å². The van der Waals surface area contributed by atoms with Gasteiger partial charge in [-0.15, -0.1) is 0 Å². The molecule has 3 atom stereocenters. The summed E-state index contributed by atoms with van der Waals surface area (Å²) in [6.45, 7) is 9.00. The maximum Gasteiger partial charge on any atom is 0.407 e. The Morgan fingerprint density at radius 1 is 1.47 bits per heavy atom. The lowest BCUT2D eigenvalue weighted by Gasteiger charge is -2.53. The molecule has 2 fully saturated rings. The molecule has 2 aliphatic heterocycles. The van der Waals surface area contributed by atoms with Crippen molar-refractivity contribution in [1.82, 2.24) is 15.5 Å². The van der Waals surface area contributed by atoms with E-state index < -0.39 is 6.09 Å². The SMILES string of the molecule is CC(C)(C)[C@H]1C(NC2CCNC2)CN1C(=O)O. The fourth-order valence-corrected chi connectivity index (χ4v) is 3.02. The second-order valence-corrected chi connectivity index (χ2v) is 6.21. The van der Waals surface area contributed by atoms with Crippen LogP contribution in [0.2, 0.25) is 0 Å². The first-order valence-electron chi connectivity index (χ1n) is 6.36. The number of rotatable bonds is 2. The molecule has 2 unspecified atom stereocenters. The van der Waals surface area contributed by atoms with Crippen molar-refractivity contribution in [2.24, 2.45) is 5.41 Å². The van der Waals surface area contributed by atoms with Crippen LogP contribution in [0, 0.1) is 5.41 Å². The molecule has 0 bridgehead atoms. The largest absolute Gasteiger partial charge is 0.465 e. The fourth-order valence-electron chi connectivity index (χ4n) is 3.02. The van der Waals surface area contributed by atoms with Crippen molar-refractivity contribution >= 4 is 6.09 Å². The summed E-state index contributed by atoms with van der Waals surface area (Å²) in [5.74, 6) is 0. The monoisotopic (exact) mass is 241 g/mol. The number of likely N-dealkylation sites (tertiary alicyclic amines) is 1. The molecule has 2 rings (SSSR count). The first kappa shape index (κ1) is 12.6. The van der Waals surface area contributed by atoms with Crippen molar-refractivity contribution in [1.29, 1.82) is 0 Å². The minimum absolute atomic E-state index is 0.0136. The Kier molecular flexibility index (Phi) is 3.32. The minimum Gasteiger partial charge on any atom is -0.465 e. The van der Waals surface area contributed by atoms with Gasteiger partial charge in [0.15, 0.2) is 0 Å². The second-order valence-electron chi connectivity index (χ2n) is 6.21. The lowest BCUT2D eigenvalue weighted by Crippen LogP contribution is -2.72. The lowest BCUT2D eigenvalue weighted by atomic mass is 9.76. The van der Waals surface area contributed by atoms with Gasteiger partial charge < -0.3 is 20.6 Å². The van der Waals surface area contributed by atoms with Gasteiger partial charge in [0.25, 0.3) is 0 Å². The van der Waals surface area contributed by atoms with E-state index >= 15 is 0 Å². The van der Waals surface area contributed by atoms with Crippen LogP contribution in [0.25, 0.3) is 0 Å². The van der Waals surface area contributed by atoms with Crippen molar-refractivity contribution in [3.8, 4) is 0 Å². The van der Waals surface area contributed by atoms with E-state index in [9.17, 15) is 4.79 Å². The van der Waals surface area contributed by atoms with Crippen LogP contribution >= 0.6 is 0 Å². The minimum atomic E-state index is -0.799. The first-order chi connectivity index (χ1) is 7.89. The van der Waals surface area contributed by atoms with Crippen molar-refractivity contribution in [2.75, 3.05) is 19.6 Å². The molecule has 2 saturated heterocycles. The number of hydrogen-bond acceptors (Lipinski definition) is 3.